The first-order chi connectivity index (χ1) is 14.8. The van der Waals surface area contributed by atoms with Gasteiger partial charge >= 0.3 is 12.2 Å². The Bertz CT molecular complexity index is 772. The third-order valence-electron chi connectivity index (χ3n) is 4.87. The summed E-state index contributed by atoms with van der Waals surface area (Å²) in [5.74, 6) is 0.704. The predicted molar refractivity (Wildman–Crippen MR) is 125 cm³/mol. The van der Waals surface area contributed by atoms with Gasteiger partial charge < -0.3 is 25.8 Å². The van der Waals surface area contributed by atoms with E-state index in [4.69, 9.17) is 15.2 Å². The van der Waals surface area contributed by atoms with Crippen LogP contribution in [-0.2, 0) is 15.9 Å². The molecule has 0 aliphatic heterocycles. The highest BCUT2D eigenvalue weighted by Gasteiger charge is 2.35. The summed E-state index contributed by atoms with van der Waals surface area (Å²) in [6.07, 6.45) is 1.36. The van der Waals surface area contributed by atoms with Crippen LogP contribution in [-0.4, -0.2) is 53.5 Å². The Balaban J connectivity index is 2.02. The second-order valence-corrected chi connectivity index (χ2v) is 10.3. The smallest absolute Gasteiger partial charge is 0.413 e. The summed E-state index contributed by atoms with van der Waals surface area (Å²) in [6.45, 7) is 12.2. The van der Waals surface area contributed by atoms with Crippen LogP contribution in [0.25, 0.3) is 0 Å². The Labute approximate surface area is 191 Å². The summed E-state index contributed by atoms with van der Waals surface area (Å²) in [6, 6.07) is 5.74. The highest BCUT2D eigenvalue weighted by Crippen LogP contribution is 2.29. The number of rotatable bonds is 7. The molecule has 1 aromatic heterocycles. The van der Waals surface area contributed by atoms with Crippen molar-refractivity contribution in [1.29, 1.82) is 0 Å². The maximum Gasteiger partial charge on any atom is 0.413 e. The summed E-state index contributed by atoms with van der Waals surface area (Å²) in [5, 5.41) is 9.17. The second-order valence-electron chi connectivity index (χ2n) is 10.3. The molecule has 1 saturated carbocycles. The molecule has 0 radical (unpaired) electrons. The fraction of sp³-hybridized carbons (Fsp3) is 0.696. The Hall–Kier alpha value is -2.39. The van der Waals surface area contributed by atoms with Gasteiger partial charge in [-0.2, -0.15) is 0 Å². The van der Waals surface area contributed by atoms with E-state index in [1.165, 1.54) is 0 Å². The molecule has 0 spiro atoms. The molecule has 3 atom stereocenters. The van der Waals surface area contributed by atoms with Crippen molar-refractivity contribution in [2.24, 2.45) is 11.7 Å². The van der Waals surface area contributed by atoms with E-state index in [-0.39, 0.29) is 18.0 Å². The predicted octanol–water partition coefficient (Wildman–Crippen LogP) is 3.19. The lowest BCUT2D eigenvalue weighted by molar-refractivity contribution is 0.0503. The number of nitrogens with one attached hydrogen (secondary N) is 3. The normalized spacial score (nSPS) is 21.2. The zero-order chi connectivity index (χ0) is 23.9. The minimum Gasteiger partial charge on any atom is -0.444 e. The second kappa shape index (κ2) is 11.0. The summed E-state index contributed by atoms with van der Waals surface area (Å²) in [4.78, 5) is 28.8. The molecule has 1 aromatic rings. The number of hydrogen-bond acceptors (Lipinski definition) is 7. The van der Waals surface area contributed by atoms with Gasteiger partial charge in [-0.05, 0) is 78.9 Å². The third-order valence-corrected chi connectivity index (χ3v) is 4.87. The average molecular weight is 450 g/mol. The van der Waals surface area contributed by atoms with Crippen LogP contribution in [0.5, 0.6) is 0 Å². The molecular formula is C23H39N5O4. The molecule has 0 aromatic carbocycles. The maximum absolute atomic E-state index is 12.2. The molecule has 9 heteroatoms. The minimum atomic E-state index is -0.580. The van der Waals surface area contributed by atoms with Crippen LogP contribution in [0, 0.1) is 5.92 Å². The lowest BCUT2D eigenvalue weighted by Crippen LogP contribution is -2.39. The highest BCUT2D eigenvalue weighted by molar-refractivity contribution is 5.83. The van der Waals surface area contributed by atoms with Gasteiger partial charge in [0.15, 0.2) is 0 Å². The van der Waals surface area contributed by atoms with Crippen molar-refractivity contribution >= 4 is 18.0 Å². The van der Waals surface area contributed by atoms with Crippen LogP contribution >= 0.6 is 0 Å². The van der Waals surface area contributed by atoms with Crippen LogP contribution in [0.4, 0.5) is 15.4 Å². The van der Waals surface area contributed by atoms with E-state index in [0.717, 1.165) is 18.5 Å². The van der Waals surface area contributed by atoms with E-state index in [0.29, 0.717) is 25.3 Å². The first-order valence-electron chi connectivity index (χ1n) is 11.2. The summed E-state index contributed by atoms with van der Waals surface area (Å²) in [7, 11) is 0. The van der Waals surface area contributed by atoms with Gasteiger partial charge in [0.05, 0.1) is 0 Å². The number of anilines is 1. The van der Waals surface area contributed by atoms with Crippen molar-refractivity contribution in [3.63, 3.8) is 0 Å². The molecule has 2 rings (SSSR count). The summed E-state index contributed by atoms with van der Waals surface area (Å²) >= 11 is 0. The van der Waals surface area contributed by atoms with Crippen molar-refractivity contribution in [3.8, 4) is 0 Å². The molecular weight excluding hydrogens is 410 g/mol. The SMILES string of the molecule is CC(C)(C)OC(=O)Nc1cccc(CC2CC(NC(=O)OC(C)(C)C)CC2NCCN)n1. The van der Waals surface area contributed by atoms with Gasteiger partial charge in [-0.25, -0.2) is 14.6 Å². The van der Waals surface area contributed by atoms with Crippen LogP contribution < -0.4 is 21.7 Å². The Morgan fingerprint density at radius 2 is 1.72 bits per heavy atom. The van der Waals surface area contributed by atoms with Gasteiger partial charge in [0, 0.05) is 30.9 Å². The molecule has 180 valence electrons. The summed E-state index contributed by atoms with van der Waals surface area (Å²) in [5.41, 5.74) is 5.43. The molecule has 0 bridgehead atoms. The topological polar surface area (TPSA) is 128 Å². The maximum atomic E-state index is 12.2. The Morgan fingerprint density at radius 3 is 2.34 bits per heavy atom. The molecule has 32 heavy (non-hydrogen) atoms. The molecule has 1 heterocycles. The monoisotopic (exact) mass is 449 g/mol. The van der Waals surface area contributed by atoms with E-state index >= 15 is 0 Å². The first kappa shape index (κ1) is 25.9. The fourth-order valence-corrected chi connectivity index (χ4v) is 3.80. The number of aromatic nitrogens is 1. The van der Waals surface area contributed by atoms with Gasteiger partial charge in [0.1, 0.15) is 17.0 Å². The number of alkyl carbamates (subject to hydrolysis) is 1. The van der Waals surface area contributed by atoms with Crippen molar-refractivity contribution in [2.75, 3.05) is 18.4 Å². The zero-order valence-corrected chi connectivity index (χ0v) is 20.2. The molecule has 1 fully saturated rings. The van der Waals surface area contributed by atoms with Crippen LogP contribution in [0.2, 0.25) is 0 Å². The lowest BCUT2D eigenvalue weighted by Gasteiger charge is -2.21. The Morgan fingerprint density at radius 1 is 1.06 bits per heavy atom. The van der Waals surface area contributed by atoms with Gasteiger partial charge in [0.25, 0.3) is 0 Å². The number of carbonyl (C=O) groups excluding carboxylic acids is 2. The third kappa shape index (κ3) is 9.40. The van der Waals surface area contributed by atoms with E-state index in [2.05, 4.69) is 20.9 Å². The van der Waals surface area contributed by atoms with Crippen LogP contribution in [0.15, 0.2) is 18.2 Å². The number of pyridine rings is 1. The number of carbonyl (C=O) groups is 2. The number of nitrogens with two attached hydrogens (primary N) is 1. The van der Waals surface area contributed by atoms with E-state index in [1.54, 1.807) is 6.07 Å². The van der Waals surface area contributed by atoms with Gasteiger partial charge in [-0.15, -0.1) is 0 Å². The lowest BCUT2D eigenvalue weighted by atomic mass is 9.97. The molecule has 5 N–H and O–H groups in total. The summed E-state index contributed by atoms with van der Waals surface area (Å²) < 4.78 is 10.7. The average Bonchev–Trinajstić information content (AvgIpc) is 2.97. The number of nitrogens with zero attached hydrogens (tertiary/aromatic N) is 1. The van der Waals surface area contributed by atoms with Crippen LogP contribution in [0.1, 0.15) is 60.1 Å². The number of hydrogen-bond donors (Lipinski definition) is 4. The number of ether oxygens (including phenoxy) is 2. The molecule has 2 amide bonds. The zero-order valence-electron chi connectivity index (χ0n) is 20.2. The molecule has 0 saturated heterocycles. The molecule has 9 nitrogen and oxygen atoms in total. The van der Waals surface area contributed by atoms with Crippen molar-refractivity contribution in [3.05, 3.63) is 23.9 Å². The fourth-order valence-electron chi connectivity index (χ4n) is 3.80. The van der Waals surface area contributed by atoms with Crippen molar-refractivity contribution in [2.45, 2.75) is 84.1 Å². The standard InChI is InChI=1S/C23H39N5O4/c1-22(2,3)31-20(29)27-17-13-15(18(14-17)25-11-10-24)12-16-8-7-9-19(26-16)28-21(30)32-23(4,5)6/h7-9,15,17-18,25H,10-14,24H2,1-6H3,(H,27,29)(H,26,28,30). The highest BCUT2D eigenvalue weighted by atomic mass is 16.6. The van der Waals surface area contributed by atoms with Crippen molar-refractivity contribution < 1.29 is 19.1 Å². The van der Waals surface area contributed by atoms with E-state index < -0.39 is 23.4 Å². The van der Waals surface area contributed by atoms with Gasteiger partial charge in [0.2, 0.25) is 0 Å². The largest absolute Gasteiger partial charge is 0.444 e. The molecule has 1 aliphatic rings. The molecule has 3 unspecified atom stereocenters. The van der Waals surface area contributed by atoms with Gasteiger partial charge in [-0.3, -0.25) is 5.32 Å². The van der Waals surface area contributed by atoms with Crippen LogP contribution in [0.3, 0.4) is 0 Å². The Kier molecular flexibility index (Phi) is 8.86. The quantitative estimate of drug-likeness (QED) is 0.503. The van der Waals surface area contributed by atoms with E-state index in [9.17, 15) is 9.59 Å². The molecule has 1 aliphatic carbocycles. The van der Waals surface area contributed by atoms with Gasteiger partial charge in [-0.1, -0.05) is 6.07 Å². The minimum absolute atomic E-state index is 0.00759. The van der Waals surface area contributed by atoms with E-state index in [1.807, 2.05) is 53.7 Å². The number of amides is 2. The first-order valence-corrected chi connectivity index (χ1v) is 11.2. The van der Waals surface area contributed by atoms with Crippen molar-refractivity contribution in [1.82, 2.24) is 15.6 Å².